The highest BCUT2D eigenvalue weighted by Crippen LogP contribution is 2.37. The zero-order valence-electron chi connectivity index (χ0n) is 11.4. The minimum Gasteiger partial charge on any atom is -0.351 e. The second-order valence-corrected chi connectivity index (χ2v) is 5.68. The van der Waals surface area contributed by atoms with Crippen LogP contribution in [0.15, 0.2) is 42.9 Å². The van der Waals surface area contributed by atoms with E-state index in [9.17, 15) is 0 Å². The highest BCUT2D eigenvalue weighted by molar-refractivity contribution is 5.22. The van der Waals surface area contributed by atoms with Crippen molar-refractivity contribution in [3.8, 4) is 0 Å². The minimum absolute atomic E-state index is 0.629. The Morgan fingerprint density at radius 3 is 2.58 bits per heavy atom. The second kappa shape index (κ2) is 6.05. The van der Waals surface area contributed by atoms with Crippen LogP contribution < -0.4 is 0 Å². The van der Waals surface area contributed by atoms with Crippen LogP contribution >= 0.6 is 0 Å². The summed E-state index contributed by atoms with van der Waals surface area (Å²) in [5.41, 5.74) is 2.68. The monoisotopic (exact) mass is 254 g/mol. The van der Waals surface area contributed by atoms with E-state index in [2.05, 4.69) is 40.3 Å². The van der Waals surface area contributed by atoms with Gasteiger partial charge >= 0.3 is 0 Å². The number of nitrogens with zero attached hydrogens (tertiary/aromatic N) is 1. The van der Waals surface area contributed by atoms with Gasteiger partial charge in [-0.15, -0.1) is 0 Å². The maximum Gasteiger partial charge on any atom is 0.0923 e. The number of benzene rings is 1. The lowest BCUT2D eigenvalue weighted by molar-refractivity contribution is 0.301. The van der Waals surface area contributed by atoms with Gasteiger partial charge in [0.15, 0.2) is 0 Å². The molecule has 0 aliphatic heterocycles. The first kappa shape index (κ1) is 12.5. The Kier molecular flexibility index (Phi) is 3.97. The van der Waals surface area contributed by atoms with Crippen molar-refractivity contribution in [2.24, 2.45) is 5.92 Å². The highest BCUT2D eigenvalue weighted by Gasteiger charge is 2.25. The molecule has 0 bridgehead atoms. The molecule has 1 aliphatic rings. The summed E-state index contributed by atoms with van der Waals surface area (Å²) in [4.78, 5) is 7.50. The van der Waals surface area contributed by atoms with Crippen molar-refractivity contribution in [3.63, 3.8) is 0 Å². The van der Waals surface area contributed by atoms with Crippen LogP contribution in [0.4, 0.5) is 0 Å². The van der Waals surface area contributed by atoms with Crippen LogP contribution in [0.25, 0.3) is 0 Å². The fourth-order valence-electron chi connectivity index (χ4n) is 3.42. The topological polar surface area (TPSA) is 28.7 Å². The van der Waals surface area contributed by atoms with Crippen molar-refractivity contribution in [1.29, 1.82) is 0 Å². The third kappa shape index (κ3) is 3.06. The molecule has 1 heterocycles. The van der Waals surface area contributed by atoms with Crippen LogP contribution in [-0.4, -0.2) is 9.97 Å². The second-order valence-electron chi connectivity index (χ2n) is 5.68. The standard InChI is InChI=1S/C17H22N2/c1-3-7-14(8-4-1)17(11-16-12-18-13-19-16)15-9-5-2-6-10-15/h1,3-4,7-8,12-13,15,17H,2,5-6,9-11H2,(H,18,19). The van der Waals surface area contributed by atoms with Crippen molar-refractivity contribution in [2.75, 3.05) is 0 Å². The molecule has 1 atom stereocenters. The Morgan fingerprint density at radius 1 is 1.11 bits per heavy atom. The van der Waals surface area contributed by atoms with E-state index in [1.807, 2.05) is 6.20 Å². The molecule has 1 fully saturated rings. The lowest BCUT2D eigenvalue weighted by Gasteiger charge is -2.30. The average Bonchev–Trinajstić information content (AvgIpc) is 3.00. The van der Waals surface area contributed by atoms with Crippen molar-refractivity contribution in [3.05, 3.63) is 54.1 Å². The van der Waals surface area contributed by atoms with E-state index in [1.165, 1.54) is 43.4 Å². The van der Waals surface area contributed by atoms with E-state index in [0.717, 1.165) is 12.3 Å². The van der Waals surface area contributed by atoms with Crippen LogP contribution in [0, 0.1) is 5.92 Å². The Bertz CT molecular complexity index is 469. The molecule has 0 saturated heterocycles. The Balaban J connectivity index is 1.82. The van der Waals surface area contributed by atoms with Gasteiger partial charge in [-0.1, -0.05) is 49.6 Å². The SMILES string of the molecule is c1ccc(C(Cc2c[nH]cn2)C2CCCCC2)cc1. The normalized spacial score (nSPS) is 18.3. The van der Waals surface area contributed by atoms with Crippen molar-refractivity contribution in [1.82, 2.24) is 9.97 Å². The number of hydrogen-bond acceptors (Lipinski definition) is 1. The first-order valence-corrected chi connectivity index (χ1v) is 7.46. The molecule has 2 heteroatoms. The molecule has 1 N–H and O–H groups in total. The van der Waals surface area contributed by atoms with Gasteiger partial charge in [-0.2, -0.15) is 0 Å². The molecule has 1 unspecified atom stereocenters. The Hall–Kier alpha value is -1.57. The lowest BCUT2D eigenvalue weighted by atomic mass is 9.75. The molecule has 2 nitrogen and oxygen atoms in total. The van der Waals surface area contributed by atoms with E-state index in [1.54, 1.807) is 6.33 Å². The van der Waals surface area contributed by atoms with Crippen LogP contribution in [0.1, 0.15) is 49.3 Å². The van der Waals surface area contributed by atoms with Crippen molar-refractivity contribution in [2.45, 2.75) is 44.4 Å². The summed E-state index contributed by atoms with van der Waals surface area (Å²) in [6.45, 7) is 0. The quantitative estimate of drug-likeness (QED) is 0.865. The third-order valence-electron chi connectivity index (χ3n) is 4.43. The highest BCUT2D eigenvalue weighted by atomic mass is 14.9. The molecule has 0 radical (unpaired) electrons. The summed E-state index contributed by atoms with van der Waals surface area (Å²) in [7, 11) is 0. The Labute approximate surface area is 115 Å². The smallest absolute Gasteiger partial charge is 0.0923 e. The molecule has 19 heavy (non-hydrogen) atoms. The van der Waals surface area contributed by atoms with Crippen molar-refractivity contribution < 1.29 is 0 Å². The summed E-state index contributed by atoms with van der Waals surface area (Å²) < 4.78 is 0. The van der Waals surface area contributed by atoms with Gasteiger partial charge in [-0.05, 0) is 36.7 Å². The largest absolute Gasteiger partial charge is 0.351 e. The molecule has 0 amide bonds. The number of imidazole rings is 1. The summed E-state index contributed by atoms with van der Waals surface area (Å²) in [5, 5.41) is 0. The predicted octanol–water partition coefficient (Wildman–Crippen LogP) is 4.32. The first-order chi connectivity index (χ1) is 9.43. The van der Waals surface area contributed by atoms with Crippen LogP contribution in [0.2, 0.25) is 0 Å². The van der Waals surface area contributed by atoms with Gasteiger partial charge < -0.3 is 4.98 Å². The number of aromatic amines is 1. The molecular weight excluding hydrogens is 232 g/mol. The Morgan fingerprint density at radius 2 is 1.89 bits per heavy atom. The van der Waals surface area contributed by atoms with Gasteiger partial charge in [-0.3, -0.25) is 0 Å². The molecule has 1 saturated carbocycles. The molecule has 0 spiro atoms. The number of H-pyrrole nitrogens is 1. The molecule has 1 aromatic heterocycles. The summed E-state index contributed by atoms with van der Waals surface area (Å²) in [5.74, 6) is 1.46. The number of nitrogens with one attached hydrogen (secondary N) is 1. The summed E-state index contributed by atoms with van der Waals surface area (Å²) in [6.07, 6.45) is 11.9. The van der Waals surface area contributed by atoms with E-state index < -0.39 is 0 Å². The molecule has 1 aromatic carbocycles. The number of rotatable bonds is 4. The number of hydrogen-bond donors (Lipinski definition) is 1. The fraction of sp³-hybridized carbons (Fsp3) is 0.471. The van der Waals surface area contributed by atoms with Crippen LogP contribution in [0.3, 0.4) is 0 Å². The summed E-state index contributed by atoms with van der Waals surface area (Å²) >= 11 is 0. The third-order valence-corrected chi connectivity index (χ3v) is 4.43. The molecule has 3 rings (SSSR count). The van der Waals surface area contributed by atoms with Crippen LogP contribution in [0.5, 0.6) is 0 Å². The van der Waals surface area contributed by atoms with E-state index in [0.29, 0.717) is 5.92 Å². The van der Waals surface area contributed by atoms with E-state index >= 15 is 0 Å². The van der Waals surface area contributed by atoms with Gasteiger partial charge in [-0.25, -0.2) is 4.98 Å². The maximum absolute atomic E-state index is 4.42. The van der Waals surface area contributed by atoms with Gasteiger partial charge in [0.2, 0.25) is 0 Å². The first-order valence-electron chi connectivity index (χ1n) is 7.46. The fourth-order valence-corrected chi connectivity index (χ4v) is 3.42. The van der Waals surface area contributed by atoms with E-state index in [-0.39, 0.29) is 0 Å². The van der Waals surface area contributed by atoms with Gasteiger partial charge in [0.1, 0.15) is 0 Å². The predicted molar refractivity (Wildman–Crippen MR) is 78.0 cm³/mol. The lowest BCUT2D eigenvalue weighted by Crippen LogP contribution is -2.18. The molecule has 2 aromatic rings. The minimum atomic E-state index is 0.629. The van der Waals surface area contributed by atoms with Crippen molar-refractivity contribution >= 4 is 0 Å². The molecule has 1 aliphatic carbocycles. The molecule has 100 valence electrons. The molecular formula is C17H22N2. The summed E-state index contributed by atoms with van der Waals surface area (Å²) in [6, 6.07) is 11.0. The maximum atomic E-state index is 4.42. The number of aromatic nitrogens is 2. The van der Waals surface area contributed by atoms with E-state index in [4.69, 9.17) is 0 Å². The zero-order valence-corrected chi connectivity index (χ0v) is 11.4. The van der Waals surface area contributed by atoms with Gasteiger partial charge in [0.05, 0.1) is 12.0 Å². The average molecular weight is 254 g/mol. The van der Waals surface area contributed by atoms with Gasteiger partial charge in [0, 0.05) is 6.20 Å². The zero-order chi connectivity index (χ0) is 12.9. The van der Waals surface area contributed by atoms with Crippen LogP contribution in [-0.2, 0) is 6.42 Å². The van der Waals surface area contributed by atoms with Gasteiger partial charge in [0.25, 0.3) is 0 Å².